The maximum atomic E-state index is 14.8. The second-order valence-electron chi connectivity index (χ2n) is 14.5. The zero-order valence-electron chi connectivity index (χ0n) is 32.5. The maximum Gasteiger partial charge on any atom is 0.410 e. The second kappa shape index (κ2) is 18.0. The number of ether oxygens (including phenoxy) is 5. The first-order valence-corrected chi connectivity index (χ1v) is 18.1. The van der Waals surface area contributed by atoms with Crippen molar-refractivity contribution >= 4 is 18.0 Å². The molecule has 6 rings (SSSR count). The normalized spacial score (nSPS) is 13.7. The average Bonchev–Trinajstić information content (AvgIpc) is 3.74. The molecule has 3 heterocycles. The molecule has 1 aliphatic carbocycles. The highest BCUT2D eigenvalue weighted by molar-refractivity contribution is 5.90. The summed E-state index contributed by atoms with van der Waals surface area (Å²) in [7, 11) is 5.65. The number of fused-ring (bicyclic) bond motifs is 2. The van der Waals surface area contributed by atoms with Crippen molar-refractivity contribution < 1.29 is 46.8 Å². The Bertz CT molecular complexity index is 2020. The summed E-state index contributed by atoms with van der Waals surface area (Å²) >= 11 is 0. The van der Waals surface area contributed by atoms with Crippen LogP contribution in [0, 0.1) is 11.6 Å². The third kappa shape index (κ3) is 9.94. The number of nitrogens with zero attached hydrogens (tertiary/aromatic N) is 5. The molecule has 1 aliphatic heterocycles. The fraction of sp³-hybridized carbons (Fsp3) is 0.475. The molecule has 296 valence electrons. The van der Waals surface area contributed by atoms with Crippen LogP contribution >= 0.6 is 0 Å². The van der Waals surface area contributed by atoms with Crippen LogP contribution in [0.15, 0.2) is 36.7 Å². The molecule has 4 aromatic rings. The molecule has 55 heavy (non-hydrogen) atoms. The van der Waals surface area contributed by atoms with Crippen molar-refractivity contribution in [3.05, 3.63) is 104 Å². The fourth-order valence-electron chi connectivity index (χ4n) is 6.72. The summed E-state index contributed by atoms with van der Waals surface area (Å²) < 4.78 is 57.7. The fourth-order valence-corrected chi connectivity index (χ4v) is 6.72. The summed E-state index contributed by atoms with van der Waals surface area (Å²) in [5, 5.41) is 8.44. The number of benzene rings is 2. The van der Waals surface area contributed by atoms with Crippen LogP contribution in [0.2, 0.25) is 0 Å². The number of carbonyl (C=O) groups is 3. The van der Waals surface area contributed by atoms with Gasteiger partial charge in [0.1, 0.15) is 28.4 Å². The molecule has 0 radical (unpaired) electrons. The van der Waals surface area contributed by atoms with E-state index in [1.807, 2.05) is 26.8 Å². The van der Waals surface area contributed by atoms with E-state index in [0.717, 1.165) is 42.4 Å². The van der Waals surface area contributed by atoms with Gasteiger partial charge < -0.3 is 28.6 Å². The SMILES string of the molecule is COCc1c(C(=O)OC)cnn1Cc1cc2c(cc1F)CCCC2.COCc1c(C(=O)OC)cnn1Cc1cc2c(cc1F)CCN(C(=O)OC(C)(C)C)C2. The van der Waals surface area contributed by atoms with Gasteiger partial charge in [-0.25, -0.2) is 23.2 Å². The van der Waals surface area contributed by atoms with E-state index >= 15 is 0 Å². The van der Waals surface area contributed by atoms with E-state index in [1.165, 1.54) is 57.1 Å². The number of methoxy groups -OCH3 is 4. The van der Waals surface area contributed by atoms with E-state index in [4.69, 9.17) is 23.7 Å². The Morgan fingerprint density at radius 3 is 1.60 bits per heavy atom. The molecule has 2 aromatic carbocycles. The van der Waals surface area contributed by atoms with Crippen molar-refractivity contribution in [2.24, 2.45) is 0 Å². The van der Waals surface area contributed by atoms with Crippen LogP contribution in [0.4, 0.5) is 13.6 Å². The summed E-state index contributed by atoms with van der Waals surface area (Å²) in [6.07, 6.45) is 7.18. The third-order valence-electron chi connectivity index (χ3n) is 9.45. The summed E-state index contributed by atoms with van der Waals surface area (Å²) in [4.78, 5) is 37.9. The molecule has 1 amide bonds. The van der Waals surface area contributed by atoms with Gasteiger partial charge in [0, 0.05) is 38.4 Å². The highest BCUT2D eigenvalue weighted by Crippen LogP contribution is 2.27. The van der Waals surface area contributed by atoms with Gasteiger partial charge in [-0.05, 0) is 93.3 Å². The van der Waals surface area contributed by atoms with Crippen molar-refractivity contribution in [3.8, 4) is 0 Å². The predicted molar refractivity (Wildman–Crippen MR) is 197 cm³/mol. The molecule has 2 aliphatic rings. The molecule has 0 atom stereocenters. The number of esters is 2. The van der Waals surface area contributed by atoms with Crippen molar-refractivity contribution in [1.29, 1.82) is 0 Å². The summed E-state index contributed by atoms with van der Waals surface area (Å²) in [5.41, 5.74) is 6.16. The monoisotopic (exact) mass is 765 g/mol. The van der Waals surface area contributed by atoms with Gasteiger partial charge in [-0.3, -0.25) is 9.36 Å². The van der Waals surface area contributed by atoms with Crippen LogP contribution in [-0.4, -0.2) is 83.1 Å². The predicted octanol–water partition coefficient (Wildman–Crippen LogP) is 6.18. The molecule has 2 aromatic heterocycles. The lowest BCUT2D eigenvalue weighted by Gasteiger charge is -2.31. The minimum Gasteiger partial charge on any atom is -0.465 e. The number of carbonyl (C=O) groups excluding carboxylic acids is 3. The summed E-state index contributed by atoms with van der Waals surface area (Å²) in [6, 6.07) is 6.83. The standard InChI is InChI=1S/C22H28FN3O5.C18H21FN2O3/c1-22(2,3)31-21(28)25-7-6-14-9-18(23)16(8-15(14)11-25)12-26-19(13-29-4)17(10-24-26)20(27)30-5;1-23-11-17-15(18(22)24-2)9-20-21(17)10-14-7-12-5-3-4-6-13(12)8-16(14)19/h8-10H,6-7,11-13H2,1-5H3;7-9H,3-6,10-11H2,1-2H3. The van der Waals surface area contributed by atoms with Crippen LogP contribution in [0.5, 0.6) is 0 Å². The highest BCUT2D eigenvalue weighted by atomic mass is 19.1. The van der Waals surface area contributed by atoms with Gasteiger partial charge in [0.2, 0.25) is 0 Å². The summed E-state index contributed by atoms with van der Waals surface area (Å²) in [6.45, 7) is 6.98. The zero-order valence-corrected chi connectivity index (χ0v) is 32.5. The largest absolute Gasteiger partial charge is 0.465 e. The molecule has 15 heteroatoms. The zero-order chi connectivity index (χ0) is 39.9. The molecule has 13 nitrogen and oxygen atoms in total. The molecular formula is C40H49F2N5O8. The molecule has 0 bridgehead atoms. The Morgan fingerprint density at radius 2 is 1.15 bits per heavy atom. The van der Waals surface area contributed by atoms with Crippen LogP contribution in [0.25, 0.3) is 0 Å². The van der Waals surface area contributed by atoms with Gasteiger partial charge in [-0.15, -0.1) is 0 Å². The molecule has 0 N–H and O–H groups in total. The summed E-state index contributed by atoms with van der Waals surface area (Å²) in [5.74, 6) is -1.59. The van der Waals surface area contributed by atoms with Crippen molar-refractivity contribution in [2.75, 3.05) is 35.0 Å². The number of aromatic nitrogens is 4. The molecule has 0 spiro atoms. The van der Waals surface area contributed by atoms with Crippen LogP contribution in [0.1, 0.15) is 99.1 Å². The molecule has 0 saturated carbocycles. The lowest BCUT2D eigenvalue weighted by Crippen LogP contribution is -2.40. The number of halogens is 2. The van der Waals surface area contributed by atoms with Gasteiger partial charge in [0.25, 0.3) is 0 Å². The molecule has 0 unspecified atom stereocenters. The number of amides is 1. The molecule has 0 fully saturated rings. The number of hydrogen-bond acceptors (Lipinski definition) is 10. The van der Waals surface area contributed by atoms with Gasteiger partial charge in [-0.1, -0.05) is 6.07 Å². The number of rotatable bonds is 10. The van der Waals surface area contributed by atoms with E-state index in [2.05, 4.69) is 10.2 Å². The second-order valence-corrected chi connectivity index (χ2v) is 14.5. The first kappa shape index (κ1) is 41.0. The van der Waals surface area contributed by atoms with Crippen LogP contribution in [-0.2, 0) is 75.8 Å². The molecular weight excluding hydrogens is 716 g/mol. The quantitative estimate of drug-likeness (QED) is 0.136. The topological polar surface area (TPSA) is 136 Å². The Labute approximate surface area is 319 Å². The van der Waals surface area contributed by atoms with Gasteiger partial charge >= 0.3 is 18.0 Å². The smallest absolute Gasteiger partial charge is 0.410 e. The average molecular weight is 766 g/mol. The maximum absolute atomic E-state index is 14.8. The van der Waals surface area contributed by atoms with E-state index < -0.39 is 17.5 Å². The number of aryl methyl sites for hydroxylation is 2. The van der Waals surface area contributed by atoms with E-state index in [-0.39, 0.29) is 49.6 Å². The van der Waals surface area contributed by atoms with Gasteiger partial charge in [0.05, 0.1) is 64.3 Å². The lowest BCUT2D eigenvalue weighted by atomic mass is 9.90. The molecule has 0 saturated heterocycles. The van der Waals surface area contributed by atoms with Gasteiger partial charge in [-0.2, -0.15) is 10.2 Å². The Kier molecular flexibility index (Phi) is 13.4. The Balaban J connectivity index is 0.000000218. The van der Waals surface area contributed by atoms with Crippen molar-refractivity contribution in [2.45, 2.75) is 91.3 Å². The first-order chi connectivity index (χ1) is 26.3. The number of hydrogen-bond donors (Lipinski definition) is 0. The highest BCUT2D eigenvalue weighted by Gasteiger charge is 2.27. The van der Waals surface area contributed by atoms with Crippen molar-refractivity contribution in [1.82, 2.24) is 24.5 Å². The van der Waals surface area contributed by atoms with E-state index in [9.17, 15) is 23.2 Å². The van der Waals surface area contributed by atoms with Gasteiger partial charge in [0.15, 0.2) is 0 Å². The Hall–Kier alpha value is -5.15. The third-order valence-corrected chi connectivity index (χ3v) is 9.45. The van der Waals surface area contributed by atoms with Crippen LogP contribution in [0.3, 0.4) is 0 Å². The van der Waals surface area contributed by atoms with E-state index in [0.29, 0.717) is 47.6 Å². The Morgan fingerprint density at radius 1 is 0.691 bits per heavy atom. The first-order valence-electron chi connectivity index (χ1n) is 18.1. The minimum atomic E-state index is -0.583. The van der Waals surface area contributed by atoms with Crippen LogP contribution < -0.4 is 0 Å². The lowest BCUT2D eigenvalue weighted by molar-refractivity contribution is 0.0223. The van der Waals surface area contributed by atoms with E-state index in [1.54, 1.807) is 21.7 Å². The van der Waals surface area contributed by atoms with Crippen molar-refractivity contribution in [3.63, 3.8) is 0 Å². The minimum absolute atomic E-state index is 0.112.